The van der Waals surface area contributed by atoms with Crippen LogP contribution in [0.5, 0.6) is 0 Å². The summed E-state index contributed by atoms with van der Waals surface area (Å²) in [6, 6.07) is 18.2. The van der Waals surface area contributed by atoms with Gasteiger partial charge in [-0.15, -0.1) is 0 Å². The third-order valence-electron chi connectivity index (χ3n) is 4.34. The Morgan fingerprint density at radius 1 is 0.889 bits per heavy atom. The molecule has 140 valence electrons. The lowest BCUT2D eigenvalue weighted by atomic mass is 10.1. The maximum atomic E-state index is 12.7. The van der Waals surface area contributed by atoms with E-state index in [4.69, 9.17) is 0 Å². The monoisotopic (exact) mass is 362 g/mol. The Balaban J connectivity index is 1.74. The second-order valence-electron chi connectivity index (χ2n) is 6.88. The number of aryl methyl sites for hydroxylation is 1. The predicted molar refractivity (Wildman–Crippen MR) is 114 cm³/mol. The summed E-state index contributed by atoms with van der Waals surface area (Å²) in [5.41, 5.74) is 5.58. The van der Waals surface area contributed by atoms with Gasteiger partial charge in [0.05, 0.1) is 0 Å². The van der Waals surface area contributed by atoms with Crippen molar-refractivity contribution in [3.05, 3.63) is 66.5 Å². The average molecular weight is 362 g/mol. The number of carbonyl (C=O) groups excluding carboxylic acids is 1. The van der Waals surface area contributed by atoms with Gasteiger partial charge in [0.2, 0.25) is 0 Å². The molecule has 0 aliphatic rings. The van der Waals surface area contributed by atoms with E-state index in [1.165, 1.54) is 0 Å². The molecular formula is C22H26N4O. The van der Waals surface area contributed by atoms with Gasteiger partial charge in [0.15, 0.2) is 0 Å². The fourth-order valence-corrected chi connectivity index (χ4v) is 2.96. The number of hydrogen-bond acceptors (Lipinski definition) is 3. The highest BCUT2D eigenvalue weighted by Crippen LogP contribution is 2.24. The van der Waals surface area contributed by atoms with Crippen LogP contribution in [0.1, 0.15) is 24.3 Å². The first-order chi connectivity index (χ1) is 13.0. The van der Waals surface area contributed by atoms with Gasteiger partial charge in [0.25, 0.3) is 5.91 Å². The molecule has 3 N–H and O–H groups in total. The zero-order valence-electron chi connectivity index (χ0n) is 16.2. The summed E-state index contributed by atoms with van der Waals surface area (Å²) in [5.74, 6) is -0.125. The van der Waals surface area contributed by atoms with Crippen molar-refractivity contribution in [1.29, 1.82) is 0 Å². The zero-order valence-corrected chi connectivity index (χ0v) is 16.2. The van der Waals surface area contributed by atoms with Crippen molar-refractivity contribution in [2.45, 2.75) is 19.9 Å². The van der Waals surface area contributed by atoms with Crippen molar-refractivity contribution in [2.75, 3.05) is 23.0 Å². The molecule has 0 bridgehead atoms. The smallest absolute Gasteiger partial charge is 0.272 e. The van der Waals surface area contributed by atoms with E-state index >= 15 is 0 Å². The third kappa shape index (κ3) is 4.50. The summed E-state index contributed by atoms with van der Waals surface area (Å²) in [6.45, 7) is 4.18. The first kappa shape index (κ1) is 18.6. The number of rotatable bonds is 6. The Bertz CT molecular complexity index is 908. The summed E-state index contributed by atoms with van der Waals surface area (Å²) in [6.07, 6.45) is 1.97. The van der Waals surface area contributed by atoms with E-state index in [0.717, 1.165) is 28.2 Å². The summed E-state index contributed by atoms with van der Waals surface area (Å²) in [7, 11) is 3.78. The van der Waals surface area contributed by atoms with Crippen LogP contribution in [0.2, 0.25) is 0 Å². The summed E-state index contributed by atoms with van der Waals surface area (Å²) >= 11 is 0. The normalized spacial score (nSPS) is 10.7. The van der Waals surface area contributed by atoms with Crippen LogP contribution in [-0.4, -0.2) is 23.6 Å². The molecule has 0 aliphatic heterocycles. The third-order valence-corrected chi connectivity index (χ3v) is 4.34. The molecule has 2 aromatic carbocycles. The van der Waals surface area contributed by atoms with Crippen LogP contribution in [0.4, 0.5) is 17.1 Å². The molecule has 0 unspecified atom stereocenters. The number of amides is 1. The van der Waals surface area contributed by atoms with Crippen molar-refractivity contribution in [2.24, 2.45) is 7.05 Å². The molecule has 1 amide bonds. The van der Waals surface area contributed by atoms with Crippen LogP contribution in [-0.2, 0) is 7.05 Å². The minimum atomic E-state index is -0.125. The Kier molecular flexibility index (Phi) is 5.50. The molecule has 1 aromatic heterocycles. The van der Waals surface area contributed by atoms with Gasteiger partial charge in [-0.2, -0.15) is 0 Å². The molecule has 1 heterocycles. The summed E-state index contributed by atoms with van der Waals surface area (Å²) in [4.78, 5) is 12.7. The number of benzene rings is 2. The van der Waals surface area contributed by atoms with Crippen LogP contribution in [0.15, 0.2) is 60.8 Å². The molecule has 0 aliphatic carbocycles. The Morgan fingerprint density at radius 3 is 2.07 bits per heavy atom. The molecule has 0 fully saturated rings. The fraction of sp³-hybridized carbons (Fsp3) is 0.227. The first-order valence-electron chi connectivity index (χ1n) is 9.09. The van der Waals surface area contributed by atoms with Crippen LogP contribution >= 0.6 is 0 Å². The van der Waals surface area contributed by atoms with Crippen LogP contribution < -0.4 is 16.0 Å². The van der Waals surface area contributed by atoms with Crippen LogP contribution in [0, 0.1) is 0 Å². The number of nitrogens with one attached hydrogen (secondary N) is 3. The maximum absolute atomic E-state index is 12.7. The molecule has 5 nitrogen and oxygen atoms in total. The van der Waals surface area contributed by atoms with Crippen LogP contribution in [0.25, 0.3) is 11.1 Å². The van der Waals surface area contributed by atoms with Crippen molar-refractivity contribution in [1.82, 2.24) is 4.57 Å². The lowest BCUT2D eigenvalue weighted by Crippen LogP contribution is -2.15. The van der Waals surface area contributed by atoms with E-state index in [1.807, 2.05) is 79.5 Å². The first-order valence-corrected chi connectivity index (χ1v) is 9.09. The summed E-state index contributed by atoms with van der Waals surface area (Å²) in [5, 5.41) is 9.41. The van der Waals surface area contributed by atoms with Gasteiger partial charge in [-0.25, -0.2) is 0 Å². The van der Waals surface area contributed by atoms with Gasteiger partial charge in [0, 0.05) is 49.0 Å². The number of aromatic nitrogens is 1. The molecule has 5 heteroatoms. The quantitative estimate of drug-likeness (QED) is 0.590. The van der Waals surface area contributed by atoms with Gasteiger partial charge in [-0.3, -0.25) is 4.79 Å². The molecule has 0 atom stereocenters. The summed E-state index contributed by atoms with van der Waals surface area (Å²) < 4.78 is 1.85. The van der Waals surface area contributed by atoms with Crippen molar-refractivity contribution in [3.8, 4) is 11.1 Å². The van der Waals surface area contributed by atoms with Gasteiger partial charge in [-0.1, -0.05) is 12.1 Å². The number of hydrogen-bond donors (Lipinski definition) is 3. The molecule has 3 rings (SSSR count). The molecule has 0 saturated heterocycles. The Morgan fingerprint density at radius 2 is 1.48 bits per heavy atom. The maximum Gasteiger partial charge on any atom is 0.272 e. The molecule has 0 saturated carbocycles. The van der Waals surface area contributed by atoms with Gasteiger partial charge in [0.1, 0.15) is 5.69 Å². The second kappa shape index (κ2) is 7.99. The number of carbonyl (C=O) groups is 1. The van der Waals surface area contributed by atoms with E-state index in [0.29, 0.717) is 11.7 Å². The lowest BCUT2D eigenvalue weighted by Gasteiger charge is -2.11. The molecule has 0 spiro atoms. The van der Waals surface area contributed by atoms with Gasteiger partial charge >= 0.3 is 0 Å². The van der Waals surface area contributed by atoms with Gasteiger partial charge < -0.3 is 20.5 Å². The molecule has 0 radical (unpaired) electrons. The largest absolute Gasteiger partial charge is 0.388 e. The average Bonchev–Trinajstić information content (AvgIpc) is 3.05. The number of anilines is 3. The van der Waals surface area contributed by atoms with E-state index in [1.54, 1.807) is 0 Å². The van der Waals surface area contributed by atoms with E-state index < -0.39 is 0 Å². The van der Waals surface area contributed by atoms with E-state index in [2.05, 4.69) is 29.8 Å². The highest BCUT2D eigenvalue weighted by molar-refractivity contribution is 6.04. The highest BCUT2D eigenvalue weighted by atomic mass is 16.1. The van der Waals surface area contributed by atoms with E-state index in [9.17, 15) is 4.79 Å². The van der Waals surface area contributed by atoms with Crippen molar-refractivity contribution in [3.63, 3.8) is 0 Å². The standard InChI is InChI=1S/C22H26N4O/c1-15(2)24-19-9-11-20(12-10-19)25-22(27)21-13-17(14-26(21)4)16-5-7-18(23-3)8-6-16/h5-15,23-24H,1-4H3,(H,25,27). The van der Waals surface area contributed by atoms with E-state index in [-0.39, 0.29) is 5.91 Å². The fourth-order valence-electron chi connectivity index (χ4n) is 2.96. The second-order valence-corrected chi connectivity index (χ2v) is 6.88. The zero-order chi connectivity index (χ0) is 19.4. The lowest BCUT2D eigenvalue weighted by molar-refractivity contribution is 0.101. The minimum absolute atomic E-state index is 0.125. The topological polar surface area (TPSA) is 58.1 Å². The predicted octanol–water partition coefficient (Wildman–Crippen LogP) is 4.81. The SMILES string of the molecule is CNc1ccc(-c2cc(C(=O)Nc3ccc(NC(C)C)cc3)n(C)c2)cc1. The molecule has 27 heavy (non-hydrogen) atoms. The molecule has 3 aromatic rings. The Labute approximate surface area is 160 Å². The van der Waals surface area contributed by atoms with Crippen molar-refractivity contribution >= 4 is 23.0 Å². The van der Waals surface area contributed by atoms with Gasteiger partial charge in [-0.05, 0) is 61.9 Å². The minimum Gasteiger partial charge on any atom is -0.388 e. The molecular weight excluding hydrogens is 336 g/mol. The van der Waals surface area contributed by atoms with Crippen LogP contribution in [0.3, 0.4) is 0 Å². The Hall–Kier alpha value is -3.21. The number of nitrogens with zero attached hydrogens (tertiary/aromatic N) is 1. The van der Waals surface area contributed by atoms with Crippen molar-refractivity contribution < 1.29 is 4.79 Å². The highest BCUT2D eigenvalue weighted by Gasteiger charge is 2.13.